The number of carbonyl (C=O) groups excluding carboxylic acids is 1. The van der Waals surface area contributed by atoms with Gasteiger partial charge in [0.15, 0.2) is 26.3 Å². The van der Waals surface area contributed by atoms with Crippen molar-refractivity contribution in [1.82, 2.24) is 10.2 Å². The van der Waals surface area contributed by atoms with Gasteiger partial charge in [-0.2, -0.15) is 0 Å². The molecule has 238 valence electrons. The quantitative estimate of drug-likeness (QED) is 0.289. The average molecular weight is 649 g/mol. The summed E-state index contributed by atoms with van der Waals surface area (Å²) >= 11 is 0. The number of rotatable bonds is 13. The van der Waals surface area contributed by atoms with Crippen LogP contribution in [0.25, 0.3) is 0 Å². The Morgan fingerprint density at radius 3 is 2.07 bits per heavy atom. The van der Waals surface area contributed by atoms with Crippen molar-refractivity contribution < 1.29 is 35.1 Å². The second kappa shape index (κ2) is 14.6. The molecule has 1 aliphatic rings. The normalized spacial score (nSPS) is 15.5. The Morgan fingerprint density at radius 2 is 1.50 bits per heavy atom. The molecule has 1 heterocycles. The zero-order chi connectivity index (χ0) is 31.9. The summed E-state index contributed by atoms with van der Waals surface area (Å²) in [5.74, 6) is -1.25. The average Bonchev–Trinajstić information content (AvgIpc) is 2.99. The molecule has 3 aromatic carbocycles. The SMILES string of the molecule is CNC(=O)COc1ccc(S(=O)(=O)CCC2CCN(CC[C@H](c3ccc(S(C)(=O)=O)cc3)c3cc(F)cc(F)c3)CC2)cc1. The summed E-state index contributed by atoms with van der Waals surface area (Å²) < 4.78 is 83.3. The first-order valence-electron chi connectivity index (χ1n) is 14.5. The number of nitrogens with zero attached hydrogens (tertiary/aromatic N) is 1. The molecule has 0 spiro atoms. The summed E-state index contributed by atoms with van der Waals surface area (Å²) in [5, 5.41) is 2.45. The van der Waals surface area contributed by atoms with E-state index in [-0.39, 0.29) is 39.9 Å². The van der Waals surface area contributed by atoms with Gasteiger partial charge in [-0.05, 0) is 111 Å². The lowest BCUT2D eigenvalue weighted by atomic mass is 9.87. The first-order valence-corrected chi connectivity index (χ1v) is 18.0. The maximum Gasteiger partial charge on any atom is 0.257 e. The van der Waals surface area contributed by atoms with Gasteiger partial charge < -0.3 is 15.0 Å². The molecule has 1 saturated heterocycles. The van der Waals surface area contributed by atoms with E-state index in [1.807, 2.05) is 0 Å². The van der Waals surface area contributed by atoms with Gasteiger partial charge in [-0.3, -0.25) is 4.79 Å². The molecule has 1 fully saturated rings. The van der Waals surface area contributed by atoms with Crippen LogP contribution in [0.5, 0.6) is 5.75 Å². The minimum absolute atomic E-state index is 0.0345. The Labute approximate surface area is 258 Å². The van der Waals surface area contributed by atoms with Crippen LogP contribution < -0.4 is 10.1 Å². The van der Waals surface area contributed by atoms with Crippen molar-refractivity contribution in [1.29, 1.82) is 0 Å². The Kier molecular flexibility index (Phi) is 11.1. The summed E-state index contributed by atoms with van der Waals surface area (Å²) in [6.45, 7) is 2.07. The van der Waals surface area contributed by atoms with Gasteiger partial charge in [0.05, 0.1) is 15.5 Å². The number of hydrogen-bond donors (Lipinski definition) is 1. The molecule has 0 saturated carbocycles. The fourth-order valence-corrected chi connectivity index (χ4v) is 7.52. The summed E-state index contributed by atoms with van der Waals surface area (Å²) in [6.07, 6.45) is 3.92. The van der Waals surface area contributed by atoms with E-state index in [1.54, 1.807) is 24.3 Å². The van der Waals surface area contributed by atoms with Crippen LogP contribution in [0.4, 0.5) is 8.78 Å². The van der Waals surface area contributed by atoms with Gasteiger partial charge >= 0.3 is 0 Å². The molecule has 4 rings (SSSR count). The summed E-state index contributed by atoms with van der Waals surface area (Å²) in [7, 11) is -5.35. The van der Waals surface area contributed by atoms with Gasteiger partial charge in [0.1, 0.15) is 17.4 Å². The molecule has 0 aromatic heterocycles. The lowest BCUT2D eigenvalue weighted by Gasteiger charge is -2.33. The maximum absolute atomic E-state index is 14.1. The molecule has 12 heteroatoms. The van der Waals surface area contributed by atoms with Gasteiger partial charge in [-0.1, -0.05) is 12.1 Å². The molecule has 0 aliphatic carbocycles. The van der Waals surface area contributed by atoms with E-state index < -0.39 is 31.3 Å². The van der Waals surface area contributed by atoms with Gasteiger partial charge in [0.25, 0.3) is 5.91 Å². The van der Waals surface area contributed by atoms with Crippen LogP contribution in [-0.2, 0) is 24.5 Å². The largest absolute Gasteiger partial charge is 0.484 e. The van der Waals surface area contributed by atoms with Crippen molar-refractivity contribution in [3.63, 3.8) is 0 Å². The van der Waals surface area contributed by atoms with Crippen molar-refractivity contribution in [2.75, 3.05) is 45.3 Å². The summed E-state index contributed by atoms with van der Waals surface area (Å²) in [5.41, 5.74) is 1.26. The maximum atomic E-state index is 14.1. The first kappa shape index (κ1) is 33.5. The molecule has 0 unspecified atom stereocenters. The van der Waals surface area contributed by atoms with Crippen molar-refractivity contribution in [3.05, 3.63) is 89.5 Å². The van der Waals surface area contributed by atoms with Gasteiger partial charge in [0.2, 0.25) is 0 Å². The number of sulfone groups is 2. The van der Waals surface area contributed by atoms with Crippen molar-refractivity contribution in [2.45, 2.75) is 41.4 Å². The fourth-order valence-electron chi connectivity index (χ4n) is 5.46. The number of hydrogen-bond acceptors (Lipinski definition) is 7. The molecule has 1 amide bonds. The number of nitrogens with one attached hydrogen (secondary N) is 1. The standard InChI is InChI=1S/C32H38F2N2O6S2/c1-35-32(37)22-42-28-5-9-30(10-6-28)44(40,41)18-14-23-11-15-36(16-12-23)17-13-31(25-19-26(33)21-27(34)20-25)24-3-7-29(8-4-24)43(2,38)39/h3-10,19-21,23,31H,11-18,22H2,1-2H3,(H,35,37)/t31-/m1/s1. The molecule has 44 heavy (non-hydrogen) atoms. The van der Waals surface area contributed by atoms with E-state index >= 15 is 0 Å². The van der Waals surface area contributed by atoms with E-state index in [1.165, 1.54) is 43.4 Å². The van der Waals surface area contributed by atoms with Crippen LogP contribution in [0.3, 0.4) is 0 Å². The zero-order valence-electron chi connectivity index (χ0n) is 24.8. The van der Waals surface area contributed by atoms with Gasteiger partial charge in [-0.15, -0.1) is 0 Å². The molecule has 8 nitrogen and oxygen atoms in total. The van der Waals surface area contributed by atoms with E-state index in [4.69, 9.17) is 4.74 Å². The third-order valence-electron chi connectivity index (χ3n) is 8.07. The highest BCUT2D eigenvalue weighted by Gasteiger charge is 2.24. The van der Waals surface area contributed by atoms with Crippen LogP contribution in [0.2, 0.25) is 0 Å². The van der Waals surface area contributed by atoms with E-state index in [2.05, 4.69) is 10.2 Å². The number of benzene rings is 3. The number of amides is 1. The van der Waals surface area contributed by atoms with Gasteiger partial charge in [0, 0.05) is 25.3 Å². The Balaban J connectivity index is 1.31. The van der Waals surface area contributed by atoms with Crippen molar-refractivity contribution in [2.24, 2.45) is 5.92 Å². The highest BCUT2D eigenvalue weighted by molar-refractivity contribution is 7.91. The molecular formula is C32H38F2N2O6S2. The van der Waals surface area contributed by atoms with Crippen LogP contribution in [0.15, 0.2) is 76.5 Å². The lowest BCUT2D eigenvalue weighted by Crippen LogP contribution is -2.35. The van der Waals surface area contributed by atoms with Crippen LogP contribution in [0.1, 0.15) is 42.7 Å². The molecule has 1 aliphatic heterocycles. The smallest absolute Gasteiger partial charge is 0.257 e. The zero-order valence-corrected chi connectivity index (χ0v) is 26.5. The Morgan fingerprint density at radius 1 is 0.909 bits per heavy atom. The fraction of sp³-hybridized carbons (Fsp3) is 0.406. The molecule has 0 radical (unpaired) electrons. The van der Waals surface area contributed by atoms with E-state index in [0.29, 0.717) is 30.7 Å². The minimum Gasteiger partial charge on any atom is -0.484 e. The number of ether oxygens (including phenoxy) is 1. The molecule has 3 aromatic rings. The van der Waals surface area contributed by atoms with Crippen LogP contribution in [-0.4, -0.2) is 72.9 Å². The highest BCUT2D eigenvalue weighted by Crippen LogP contribution is 2.32. The van der Waals surface area contributed by atoms with Gasteiger partial charge in [-0.25, -0.2) is 25.6 Å². The lowest BCUT2D eigenvalue weighted by molar-refractivity contribution is -0.122. The van der Waals surface area contributed by atoms with E-state index in [0.717, 1.165) is 43.8 Å². The number of halogens is 2. The number of piperidine rings is 1. The monoisotopic (exact) mass is 648 g/mol. The molecule has 0 bridgehead atoms. The molecular weight excluding hydrogens is 610 g/mol. The first-order chi connectivity index (χ1) is 20.8. The minimum atomic E-state index is -3.48. The van der Waals surface area contributed by atoms with Crippen LogP contribution in [0, 0.1) is 17.6 Å². The molecule has 1 atom stereocenters. The summed E-state index contributed by atoms with van der Waals surface area (Å²) in [6, 6.07) is 16.0. The summed E-state index contributed by atoms with van der Waals surface area (Å²) in [4.78, 5) is 14.0. The van der Waals surface area contributed by atoms with Crippen LogP contribution >= 0.6 is 0 Å². The van der Waals surface area contributed by atoms with E-state index in [9.17, 15) is 30.4 Å². The second-order valence-corrected chi connectivity index (χ2v) is 15.3. The van der Waals surface area contributed by atoms with Crippen molar-refractivity contribution in [3.8, 4) is 5.75 Å². The highest BCUT2D eigenvalue weighted by atomic mass is 32.2. The Bertz CT molecular complexity index is 1620. The number of likely N-dealkylation sites (N-methyl/N-ethyl adjacent to an activating group) is 1. The third-order valence-corrected chi connectivity index (χ3v) is 11.0. The van der Waals surface area contributed by atoms with Crippen molar-refractivity contribution >= 4 is 25.6 Å². The predicted octanol–water partition coefficient (Wildman–Crippen LogP) is 4.59. The third kappa shape index (κ3) is 9.33. The topological polar surface area (TPSA) is 110 Å². The second-order valence-electron chi connectivity index (χ2n) is 11.2. The predicted molar refractivity (Wildman–Crippen MR) is 164 cm³/mol. The Hall–Kier alpha value is -3.35. The number of likely N-dealkylation sites (tertiary alicyclic amines) is 1. The molecule has 1 N–H and O–H groups in total. The number of carbonyl (C=O) groups is 1.